The molecule has 11 rings (SSSR count). The van der Waals surface area contributed by atoms with E-state index in [0.717, 1.165) is 63.1 Å². The summed E-state index contributed by atoms with van der Waals surface area (Å²) in [6.07, 6.45) is 9.69. The first kappa shape index (κ1) is 49.7. The number of fused-ring (bicyclic) bond motifs is 4. The minimum atomic E-state index is -1.26. The zero-order chi connectivity index (χ0) is 51.1. The van der Waals surface area contributed by atoms with E-state index < -0.39 is 39.5 Å². The number of nitrogens with zero attached hydrogens (tertiary/aromatic N) is 10. The molecule has 2 aliphatic heterocycles. The first-order valence-electron chi connectivity index (χ1n) is 23.6. The van der Waals surface area contributed by atoms with Gasteiger partial charge in [-0.1, -0.05) is 63.1 Å². The maximum Gasteiger partial charge on any atom is 0.354 e. The van der Waals surface area contributed by atoms with Crippen molar-refractivity contribution in [1.29, 1.82) is 0 Å². The third-order valence-corrected chi connectivity index (χ3v) is 13.6. The fourth-order valence-electron chi connectivity index (χ4n) is 9.68. The summed E-state index contributed by atoms with van der Waals surface area (Å²) in [5.74, 6) is -1.94. The number of nitrogens with one attached hydrogen (secondary N) is 3. The number of carbonyl (C=O) groups excluding carboxylic acids is 3. The molecule has 6 heterocycles. The molecule has 0 saturated heterocycles. The Labute approximate surface area is 419 Å². The van der Waals surface area contributed by atoms with E-state index in [0.29, 0.717) is 57.2 Å². The number of hydrogen-bond acceptors (Lipinski definition) is 18. The molecule has 24 heteroatoms. The summed E-state index contributed by atoms with van der Waals surface area (Å²) in [6, 6.07) is 14.3. The third kappa shape index (κ3) is 9.63. The Morgan fingerprint density at radius 3 is 1.54 bits per heavy atom. The quantitative estimate of drug-likeness (QED) is 0.0938. The summed E-state index contributed by atoms with van der Waals surface area (Å²) in [6.45, 7) is 3.07. The van der Waals surface area contributed by atoms with Crippen molar-refractivity contribution in [2.24, 2.45) is 5.92 Å². The Morgan fingerprint density at radius 2 is 1.07 bits per heavy atom. The highest BCUT2D eigenvalue weighted by atomic mass is 16.4. The van der Waals surface area contributed by atoms with Crippen LogP contribution in [-0.2, 0) is 39.0 Å². The topological polar surface area (TPSA) is 338 Å². The normalized spacial score (nSPS) is 14.4. The van der Waals surface area contributed by atoms with Gasteiger partial charge in [0.2, 0.25) is 0 Å². The fraction of sp³-hybridized carbons (Fsp3) is 0.320. The van der Waals surface area contributed by atoms with Gasteiger partial charge in [0, 0.05) is 57.9 Å². The van der Waals surface area contributed by atoms with Crippen LogP contribution in [0.3, 0.4) is 0 Å². The van der Waals surface area contributed by atoms with Gasteiger partial charge in [-0.25, -0.2) is 14.8 Å². The van der Waals surface area contributed by atoms with Crippen LogP contribution >= 0.6 is 0 Å². The zero-order valence-electron chi connectivity index (χ0n) is 39.1. The van der Waals surface area contributed by atoms with Crippen LogP contribution in [0.15, 0.2) is 80.4 Å². The lowest BCUT2D eigenvalue weighted by atomic mass is 9.89. The van der Waals surface area contributed by atoms with Crippen molar-refractivity contribution in [1.82, 2.24) is 55.1 Å². The van der Waals surface area contributed by atoms with Crippen LogP contribution in [0.5, 0.6) is 0 Å². The molecule has 74 heavy (non-hydrogen) atoms. The van der Waals surface area contributed by atoms with Crippen LogP contribution in [0.25, 0.3) is 11.6 Å². The summed E-state index contributed by atoms with van der Waals surface area (Å²) in [5, 5.41) is 25.8. The Hall–Kier alpha value is -9.22. The summed E-state index contributed by atoms with van der Waals surface area (Å²) in [5.41, 5.74) is 15.6. The van der Waals surface area contributed by atoms with E-state index in [2.05, 4.69) is 46.1 Å². The number of aromatic nitrogens is 8. The number of nitrogens with two attached hydrogens (primary N) is 2. The van der Waals surface area contributed by atoms with Crippen LogP contribution in [0.4, 0.5) is 22.7 Å². The van der Waals surface area contributed by atoms with Crippen molar-refractivity contribution in [3.63, 3.8) is 0 Å². The molecule has 8 aromatic rings. The first-order chi connectivity index (χ1) is 35.2. The minimum Gasteiger partial charge on any atom is -0.477 e. The highest BCUT2D eigenvalue weighted by molar-refractivity contribution is 5.98. The number of amides is 3. The molecule has 1 saturated carbocycles. The van der Waals surface area contributed by atoms with E-state index in [-0.39, 0.29) is 77.8 Å². The fourth-order valence-corrected chi connectivity index (χ4v) is 9.68. The molecule has 24 nitrogen and oxygen atoms in total. The number of anilines is 4. The van der Waals surface area contributed by atoms with E-state index >= 15 is 0 Å². The second-order valence-corrected chi connectivity index (χ2v) is 18.3. The molecular formula is C50H51N15O9. The number of carbonyl (C=O) groups is 4. The second kappa shape index (κ2) is 20.5. The Balaban J connectivity index is 0.000000183. The van der Waals surface area contributed by atoms with Gasteiger partial charge >= 0.3 is 5.97 Å². The van der Waals surface area contributed by atoms with Crippen molar-refractivity contribution in [2.45, 2.75) is 78.6 Å². The zero-order valence-corrected chi connectivity index (χ0v) is 39.1. The van der Waals surface area contributed by atoms with E-state index in [1.807, 2.05) is 41.3 Å². The van der Waals surface area contributed by atoms with Crippen LogP contribution < -0.4 is 58.9 Å². The van der Waals surface area contributed by atoms with Gasteiger partial charge in [-0.05, 0) is 65.0 Å². The highest BCUT2D eigenvalue weighted by Gasteiger charge is 2.29. The van der Waals surface area contributed by atoms with Gasteiger partial charge in [-0.2, -0.15) is 29.2 Å². The number of rotatable bonds is 12. The average molecular weight is 1010 g/mol. The molecule has 3 aliphatic rings. The molecule has 1 fully saturated rings. The third-order valence-electron chi connectivity index (χ3n) is 13.6. The van der Waals surface area contributed by atoms with E-state index in [1.165, 1.54) is 36.2 Å². The second-order valence-electron chi connectivity index (χ2n) is 18.3. The van der Waals surface area contributed by atoms with Crippen LogP contribution in [0, 0.1) is 5.92 Å². The number of nitrogen functional groups attached to an aromatic ring is 2. The van der Waals surface area contributed by atoms with Crippen molar-refractivity contribution in [2.75, 3.05) is 40.9 Å². The van der Waals surface area contributed by atoms with Crippen molar-refractivity contribution in [3.05, 3.63) is 158 Å². The van der Waals surface area contributed by atoms with Gasteiger partial charge in [-0.3, -0.25) is 33.6 Å². The predicted octanol–water partition coefficient (Wildman–Crippen LogP) is 1.23. The Morgan fingerprint density at radius 1 is 0.595 bits per heavy atom. The van der Waals surface area contributed by atoms with Crippen molar-refractivity contribution in [3.8, 4) is 0 Å². The molecule has 0 radical (unpaired) electrons. The average Bonchev–Trinajstić information content (AvgIpc) is 4.11. The maximum atomic E-state index is 13.1. The molecule has 380 valence electrons. The molecule has 0 atom stereocenters. The lowest BCUT2D eigenvalue weighted by Crippen LogP contribution is -2.44. The monoisotopic (exact) mass is 1010 g/mol. The number of hydrogen-bond donors (Lipinski definition) is 6. The predicted molar refractivity (Wildman–Crippen MR) is 270 cm³/mol. The van der Waals surface area contributed by atoms with Crippen LogP contribution in [0.2, 0.25) is 0 Å². The number of benzene rings is 2. The van der Waals surface area contributed by atoms with Gasteiger partial charge in [0.1, 0.15) is 52.5 Å². The lowest BCUT2D eigenvalue weighted by molar-refractivity contribution is 0.0686. The minimum absolute atomic E-state index is 0. The van der Waals surface area contributed by atoms with Crippen LogP contribution in [0.1, 0.15) is 115 Å². The van der Waals surface area contributed by atoms with Gasteiger partial charge in [0.25, 0.3) is 51.0 Å². The number of carboxylic acid groups (broad SMARTS) is 1. The van der Waals surface area contributed by atoms with E-state index in [1.54, 1.807) is 4.90 Å². The van der Waals surface area contributed by atoms with E-state index in [9.17, 15) is 43.5 Å². The summed E-state index contributed by atoms with van der Waals surface area (Å²) >= 11 is 0. The van der Waals surface area contributed by atoms with Crippen molar-refractivity contribution < 1.29 is 24.3 Å². The largest absolute Gasteiger partial charge is 0.477 e. The molecule has 3 amide bonds. The molecule has 0 bridgehead atoms. The summed E-state index contributed by atoms with van der Waals surface area (Å²) in [4.78, 5) is 117. The van der Waals surface area contributed by atoms with Gasteiger partial charge in [0.15, 0.2) is 5.69 Å². The molecule has 1 aliphatic carbocycles. The smallest absolute Gasteiger partial charge is 0.354 e. The standard InChI is InChI=1S/C28H30N8O4.C21H17N7O5.CH4/c29-22-23(25(38)24(22)37)35-9-8-18-7-6-17(10-19(18)14-35)13-30-26(39)20-11-21(36-28(34-20)32-15-33-36)27(40)31-12-16-4-2-1-3-5-16;22-15-16(18(30)17(15)29)27-4-3-11-2-1-10(5-12(11)8-27)7-23-19(31)13-6-14(20(32)33)28-21(26-13)24-9-25-28;/h6-7,10-11,15-16H,1-5,8-9,12-14,29H2,(H,30,39)(H,31,40);1-2,5-6,9H,3-4,7-8,22H2,(H,23,31)(H,32,33);1H4. The van der Waals surface area contributed by atoms with Gasteiger partial charge in [0.05, 0.1) is 0 Å². The number of aromatic carboxylic acids is 1. The lowest BCUT2D eigenvalue weighted by Gasteiger charge is -2.32. The number of carboxylic acids is 1. The first-order valence-corrected chi connectivity index (χ1v) is 23.6. The molecule has 8 N–H and O–H groups in total. The molecular weight excluding hydrogens is 955 g/mol. The van der Waals surface area contributed by atoms with Crippen LogP contribution in [-0.4, -0.2) is 87.6 Å². The molecule has 4 aromatic carbocycles. The summed E-state index contributed by atoms with van der Waals surface area (Å²) < 4.78 is 2.38. The maximum absolute atomic E-state index is 13.1. The Kier molecular flexibility index (Phi) is 13.8. The SMILES string of the molecule is C.Nc1c(N2CCc3ccc(CNC(=O)c4cc(C(=O)NCC5CCCCC5)n5ncnc5n4)cc3C2)c(=O)c1=O.Nc1c(N2CCc3ccc(CNC(=O)c4cc(C(=O)O)n5ncnc5n4)cc3C2)c(=O)c1=O. The molecule has 0 unspecified atom stereocenters. The molecule has 0 spiro atoms. The molecule has 4 aromatic heterocycles. The van der Waals surface area contributed by atoms with Gasteiger partial charge < -0.3 is 42.3 Å². The van der Waals surface area contributed by atoms with Crippen molar-refractivity contribution >= 4 is 58.0 Å². The summed E-state index contributed by atoms with van der Waals surface area (Å²) in [7, 11) is 0. The van der Waals surface area contributed by atoms with E-state index in [4.69, 9.17) is 11.5 Å². The van der Waals surface area contributed by atoms with Gasteiger partial charge in [-0.15, -0.1) is 0 Å². The highest BCUT2D eigenvalue weighted by Crippen LogP contribution is 2.28. The Bertz CT molecular complexity index is 3670.